The molecule has 5 nitrogen and oxygen atoms in total. The summed E-state index contributed by atoms with van der Waals surface area (Å²) >= 11 is 0. The highest BCUT2D eigenvalue weighted by Crippen LogP contribution is 2.25. The van der Waals surface area contributed by atoms with Gasteiger partial charge in [-0.25, -0.2) is 0 Å². The van der Waals surface area contributed by atoms with Crippen molar-refractivity contribution in [1.82, 2.24) is 10.6 Å². The Kier molecular flexibility index (Phi) is 10.7. The molecule has 0 aliphatic heterocycles. The number of halogens is 4. The van der Waals surface area contributed by atoms with E-state index in [2.05, 4.69) is 20.4 Å². The van der Waals surface area contributed by atoms with Crippen LogP contribution in [-0.4, -0.2) is 39.6 Å². The van der Waals surface area contributed by atoms with Gasteiger partial charge in [0.25, 0.3) is 0 Å². The first-order chi connectivity index (χ1) is 10.5. The molecule has 0 unspecified atom stereocenters. The maximum Gasteiger partial charge on any atom is 0.573 e. The van der Waals surface area contributed by atoms with Crippen molar-refractivity contribution in [1.29, 1.82) is 0 Å². The van der Waals surface area contributed by atoms with Gasteiger partial charge >= 0.3 is 6.36 Å². The first-order valence-electron chi connectivity index (χ1n) is 6.73. The Hall–Kier alpha value is -1.23. The summed E-state index contributed by atoms with van der Waals surface area (Å²) in [5, 5.41) is 5.98. The van der Waals surface area contributed by atoms with Crippen LogP contribution in [0.4, 0.5) is 13.2 Å². The largest absolute Gasteiger partial charge is 0.573 e. The number of guanidine groups is 1. The van der Waals surface area contributed by atoms with E-state index in [-0.39, 0.29) is 36.3 Å². The van der Waals surface area contributed by atoms with E-state index >= 15 is 0 Å². The summed E-state index contributed by atoms with van der Waals surface area (Å²) in [5.74, 6) is 0.273. The van der Waals surface area contributed by atoms with Gasteiger partial charge in [-0.1, -0.05) is 18.2 Å². The fourth-order valence-electron chi connectivity index (χ4n) is 1.70. The van der Waals surface area contributed by atoms with Crippen LogP contribution in [0.3, 0.4) is 0 Å². The number of ether oxygens (including phenoxy) is 2. The number of methoxy groups -OCH3 is 1. The SMILES string of the molecule is CN=C(NCCCOC)NCc1ccccc1OC(F)(F)F.I. The molecule has 0 aliphatic rings. The highest BCUT2D eigenvalue weighted by molar-refractivity contribution is 14.0. The third kappa shape index (κ3) is 9.49. The highest BCUT2D eigenvalue weighted by Gasteiger charge is 2.31. The van der Waals surface area contributed by atoms with Crippen molar-refractivity contribution >= 4 is 29.9 Å². The molecule has 1 rings (SSSR count). The van der Waals surface area contributed by atoms with E-state index in [4.69, 9.17) is 4.74 Å². The number of para-hydroxylation sites is 1. The normalized spacial score (nSPS) is 11.6. The minimum Gasteiger partial charge on any atom is -0.405 e. The van der Waals surface area contributed by atoms with Gasteiger partial charge in [0.05, 0.1) is 0 Å². The molecule has 0 bridgehead atoms. The van der Waals surface area contributed by atoms with Crippen molar-refractivity contribution in [2.24, 2.45) is 4.99 Å². The molecule has 0 radical (unpaired) electrons. The maximum absolute atomic E-state index is 12.3. The van der Waals surface area contributed by atoms with Crippen molar-refractivity contribution < 1.29 is 22.6 Å². The Morgan fingerprint density at radius 3 is 2.52 bits per heavy atom. The average Bonchev–Trinajstić information content (AvgIpc) is 2.46. The van der Waals surface area contributed by atoms with E-state index in [0.29, 0.717) is 24.7 Å². The zero-order chi connectivity index (χ0) is 16.4. The summed E-state index contributed by atoms with van der Waals surface area (Å²) in [4.78, 5) is 4.00. The third-order valence-corrected chi connectivity index (χ3v) is 2.69. The van der Waals surface area contributed by atoms with Gasteiger partial charge in [-0.15, -0.1) is 37.1 Å². The number of nitrogens with zero attached hydrogens (tertiary/aromatic N) is 1. The summed E-state index contributed by atoms with van der Waals surface area (Å²) in [6.07, 6.45) is -3.92. The van der Waals surface area contributed by atoms with Gasteiger partial charge in [0, 0.05) is 39.4 Å². The van der Waals surface area contributed by atoms with E-state index < -0.39 is 6.36 Å². The Bertz CT molecular complexity index is 485. The molecule has 132 valence electrons. The number of hydrogen-bond acceptors (Lipinski definition) is 3. The molecule has 1 aromatic rings. The second-order valence-corrected chi connectivity index (χ2v) is 4.35. The molecular weight excluding hydrogens is 426 g/mol. The summed E-state index contributed by atoms with van der Waals surface area (Å²) < 4.78 is 45.9. The van der Waals surface area contributed by atoms with Gasteiger partial charge in [-0.2, -0.15) is 0 Å². The van der Waals surface area contributed by atoms with E-state index in [1.165, 1.54) is 12.1 Å². The molecule has 0 saturated carbocycles. The van der Waals surface area contributed by atoms with Gasteiger partial charge in [-0.05, 0) is 12.5 Å². The smallest absolute Gasteiger partial charge is 0.405 e. The second kappa shape index (κ2) is 11.3. The molecule has 0 heterocycles. The van der Waals surface area contributed by atoms with Crippen LogP contribution in [0.2, 0.25) is 0 Å². The molecule has 1 aromatic carbocycles. The molecular formula is C14H21F3IN3O2. The van der Waals surface area contributed by atoms with Gasteiger partial charge < -0.3 is 20.1 Å². The van der Waals surface area contributed by atoms with E-state index in [1.54, 1.807) is 26.3 Å². The van der Waals surface area contributed by atoms with Crippen LogP contribution in [0.5, 0.6) is 5.75 Å². The van der Waals surface area contributed by atoms with Crippen LogP contribution in [0.25, 0.3) is 0 Å². The van der Waals surface area contributed by atoms with Gasteiger partial charge in [0.2, 0.25) is 0 Å². The molecule has 9 heteroatoms. The first-order valence-corrected chi connectivity index (χ1v) is 6.73. The number of rotatable bonds is 7. The summed E-state index contributed by atoms with van der Waals surface area (Å²) in [5.41, 5.74) is 0.389. The monoisotopic (exact) mass is 447 g/mol. The van der Waals surface area contributed by atoms with Crippen molar-refractivity contribution in [3.63, 3.8) is 0 Å². The maximum atomic E-state index is 12.3. The molecule has 2 N–H and O–H groups in total. The van der Waals surface area contributed by atoms with Crippen LogP contribution >= 0.6 is 24.0 Å². The lowest BCUT2D eigenvalue weighted by molar-refractivity contribution is -0.274. The van der Waals surface area contributed by atoms with Crippen LogP contribution in [0.15, 0.2) is 29.3 Å². The Morgan fingerprint density at radius 1 is 1.22 bits per heavy atom. The van der Waals surface area contributed by atoms with Gasteiger partial charge in [-0.3, -0.25) is 4.99 Å². The first kappa shape index (κ1) is 21.8. The number of benzene rings is 1. The minimum absolute atomic E-state index is 0. The van der Waals surface area contributed by atoms with Crippen LogP contribution in [0, 0.1) is 0 Å². The second-order valence-electron chi connectivity index (χ2n) is 4.35. The van der Waals surface area contributed by atoms with Crippen LogP contribution < -0.4 is 15.4 Å². The van der Waals surface area contributed by atoms with E-state index in [1.807, 2.05) is 0 Å². The zero-order valence-corrected chi connectivity index (χ0v) is 15.3. The number of nitrogens with one attached hydrogen (secondary N) is 2. The lowest BCUT2D eigenvalue weighted by Crippen LogP contribution is -2.37. The van der Waals surface area contributed by atoms with Crippen molar-refractivity contribution in [2.45, 2.75) is 19.3 Å². The van der Waals surface area contributed by atoms with Crippen molar-refractivity contribution in [3.05, 3.63) is 29.8 Å². The molecule has 23 heavy (non-hydrogen) atoms. The molecule has 0 aromatic heterocycles. The predicted molar refractivity (Wildman–Crippen MR) is 93.2 cm³/mol. The average molecular weight is 447 g/mol. The number of alkyl halides is 3. The van der Waals surface area contributed by atoms with E-state index in [9.17, 15) is 13.2 Å². The summed E-state index contributed by atoms with van der Waals surface area (Å²) in [6.45, 7) is 1.43. The fourth-order valence-corrected chi connectivity index (χ4v) is 1.70. The molecule has 0 saturated heterocycles. The van der Waals surface area contributed by atoms with Gasteiger partial charge in [0.15, 0.2) is 5.96 Å². The lowest BCUT2D eigenvalue weighted by atomic mass is 10.2. The third-order valence-electron chi connectivity index (χ3n) is 2.69. The van der Waals surface area contributed by atoms with Crippen molar-refractivity contribution in [2.75, 3.05) is 27.3 Å². The van der Waals surface area contributed by atoms with Crippen molar-refractivity contribution in [3.8, 4) is 5.75 Å². The number of hydrogen-bond donors (Lipinski definition) is 2. The topological polar surface area (TPSA) is 54.9 Å². The van der Waals surface area contributed by atoms with E-state index in [0.717, 1.165) is 6.42 Å². The minimum atomic E-state index is -4.71. The Morgan fingerprint density at radius 2 is 1.91 bits per heavy atom. The van der Waals surface area contributed by atoms with Crippen LogP contribution in [-0.2, 0) is 11.3 Å². The molecule has 0 spiro atoms. The standard InChI is InChI=1S/C14H20F3N3O2.HI/c1-18-13(19-8-5-9-21-2)20-10-11-6-3-4-7-12(11)22-14(15,16)17;/h3-4,6-7H,5,8-10H2,1-2H3,(H2,18,19,20);1H. The molecule has 0 atom stereocenters. The zero-order valence-electron chi connectivity index (χ0n) is 12.9. The molecule has 0 amide bonds. The van der Waals surface area contributed by atoms with Crippen LogP contribution in [0.1, 0.15) is 12.0 Å². The highest BCUT2D eigenvalue weighted by atomic mass is 127. The fraction of sp³-hybridized carbons (Fsp3) is 0.500. The quantitative estimate of drug-likeness (QED) is 0.292. The number of aliphatic imine (C=N–C) groups is 1. The summed E-state index contributed by atoms with van der Waals surface area (Å²) in [7, 11) is 3.20. The Balaban J connectivity index is 0.00000484. The predicted octanol–water partition coefficient (Wildman–Crippen LogP) is 2.90. The Labute approximate surface area is 150 Å². The van der Waals surface area contributed by atoms with Gasteiger partial charge in [0.1, 0.15) is 5.75 Å². The molecule has 0 aliphatic carbocycles. The summed E-state index contributed by atoms with van der Waals surface area (Å²) in [6, 6.07) is 5.98. The lowest BCUT2D eigenvalue weighted by Gasteiger charge is -2.15. The molecule has 0 fully saturated rings.